The quantitative estimate of drug-likeness (QED) is 0.747. The van der Waals surface area contributed by atoms with Crippen molar-refractivity contribution < 1.29 is 19.2 Å². The SMILES string of the molecule is CCOC(=O)C1=C(Cc2ccccc2)N(OC)C(c2ccccc2)=NO1. The second kappa shape index (κ2) is 8.31. The number of hydroxylamine groups is 2. The monoisotopic (exact) mass is 352 g/mol. The number of ether oxygens (including phenoxy) is 1. The fourth-order valence-electron chi connectivity index (χ4n) is 2.65. The number of oxime groups is 1. The van der Waals surface area contributed by atoms with Gasteiger partial charge in [0, 0.05) is 12.0 Å². The lowest BCUT2D eigenvalue weighted by molar-refractivity contribution is -0.144. The van der Waals surface area contributed by atoms with E-state index in [1.807, 2.05) is 60.7 Å². The summed E-state index contributed by atoms with van der Waals surface area (Å²) in [6.45, 7) is 1.98. The number of hydrogen-bond donors (Lipinski definition) is 0. The van der Waals surface area contributed by atoms with Gasteiger partial charge in [-0.1, -0.05) is 65.8 Å². The van der Waals surface area contributed by atoms with E-state index in [0.717, 1.165) is 11.1 Å². The van der Waals surface area contributed by atoms with Crippen molar-refractivity contribution in [2.24, 2.45) is 5.16 Å². The molecule has 26 heavy (non-hydrogen) atoms. The topological polar surface area (TPSA) is 60.4 Å². The van der Waals surface area contributed by atoms with Crippen LogP contribution in [0.15, 0.2) is 77.3 Å². The zero-order valence-corrected chi connectivity index (χ0v) is 14.7. The molecule has 0 aliphatic carbocycles. The highest BCUT2D eigenvalue weighted by molar-refractivity contribution is 6.00. The van der Waals surface area contributed by atoms with Crippen LogP contribution in [0.3, 0.4) is 0 Å². The van der Waals surface area contributed by atoms with E-state index in [0.29, 0.717) is 18.0 Å². The predicted molar refractivity (Wildman–Crippen MR) is 96.7 cm³/mol. The minimum Gasteiger partial charge on any atom is -0.460 e. The molecule has 0 bridgehead atoms. The Morgan fingerprint density at radius 2 is 1.73 bits per heavy atom. The molecule has 1 aliphatic rings. The average molecular weight is 352 g/mol. The summed E-state index contributed by atoms with van der Waals surface area (Å²) in [5, 5.41) is 5.60. The van der Waals surface area contributed by atoms with Crippen molar-refractivity contribution in [2.45, 2.75) is 13.3 Å². The van der Waals surface area contributed by atoms with Gasteiger partial charge in [-0.2, -0.15) is 5.06 Å². The van der Waals surface area contributed by atoms with Crippen LogP contribution < -0.4 is 0 Å². The molecule has 134 valence electrons. The van der Waals surface area contributed by atoms with Crippen LogP contribution in [0.2, 0.25) is 0 Å². The molecule has 1 aliphatic heterocycles. The van der Waals surface area contributed by atoms with Crippen LogP contribution in [0.4, 0.5) is 0 Å². The lowest BCUT2D eigenvalue weighted by atomic mass is 10.1. The lowest BCUT2D eigenvalue weighted by Crippen LogP contribution is -2.36. The van der Waals surface area contributed by atoms with E-state index in [2.05, 4.69) is 5.16 Å². The predicted octanol–water partition coefficient (Wildman–Crippen LogP) is 3.26. The van der Waals surface area contributed by atoms with Gasteiger partial charge in [-0.25, -0.2) is 4.79 Å². The highest BCUT2D eigenvalue weighted by atomic mass is 16.7. The molecule has 0 spiro atoms. The van der Waals surface area contributed by atoms with Gasteiger partial charge in [0.05, 0.1) is 13.7 Å². The van der Waals surface area contributed by atoms with E-state index in [1.54, 1.807) is 6.92 Å². The van der Waals surface area contributed by atoms with Crippen LogP contribution in [0.1, 0.15) is 18.1 Å². The van der Waals surface area contributed by atoms with Crippen molar-refractivity contribution in [3.63, 3.8) is 0 Å². The summed E-state index contributed by atoms with van der Waals surface area (Å²) in [5.41, 5.74) is 2.35. The number of hydrogen-bond acceptors (Lipinski definition) is 6. The molecular weight excluding hydrogens is 332 g/mol. The summed E-state index contributed by atoms with van der Waals surface area (Å²) < 4.78 is 5.11. The summed E-state index contributed by atoms with van der Waals surface area (Å²) in [6, 6.07) is 19.2. The maximum Gasteiger partial charge on any atom is 0.379 e. The molecule has 0 saturated heterocycles. The Morgan fingerprint density at radius 3 is 2.35 bits per heavy atom. The van der Waals surface area contributed by atoms with E-state index in [4.69, 9.17) is 14.4 Å². The molecule has 2 aromatic rings. The zero-order valence-electron chi connectivity index (χ0n) is 14.7. The molecule has 0 amide bonds. The van der Waals surface area contributed by atoms with Crippen molar-refractivity contribution in [1.82, 2.24) is 5.06 Å². The molecule has 0 unspecified atom stereocenters. The molecule has 0 aromatic heterocycles. The molecule has 0 saturated carbocycles. The molecular formula is C20H20N2O4. The van der Waals surface area contributed by atoms with Gasteiger partial charge < -0.3 is 9.57 Å². The Balaban J connectivity index is 2.01. The zero-order chi connectivity index (χ0) is 18.4. The van der Waals surface area contributed by atoms with Crippen molar-refractivity contribution >= 4 is 11.8 Å². The fourth-order valence-corrected chi connectivity index (χ4v) is 2.65. The Kier molecular flexibility index (Phi) is 5.66. The van der Waals surface area contributed by atoms with E-state index in [1.165, 1.54) is 12.2 Å². The summed E-state index contributed by atoms with van der Waals surface area (Å²) in [7, 11) is 1.53. The Hall–Kier alpha value is -3.12. The van der Waals surface area contributed by atoms with E-state index < -0.39 is 5.97 Å². The first kappa shape index (κ1) is 17.7. The third-order valence-electron chi connectivity index (χ3n) is 3.81. The molecule has 1 heterocycles. The van der Waals surface area contributed by atoms with Gasteiger partial charge in [-0.05, 0) is 12.5 Å². The molecule has 0 N–H and O–H groups in total. The first-order chi connectivity index (χ1) is 12.7. The van der Waals surface area contributed by atoms with Crippen LogP contribution >= 0.6 is 0 Å². The first-order valence-corrected chi connectivity index (χ1v) is 8.33. The molecule has 6 heteroatoms. The van der Waals surface area contributed by atoms with Gasteiger partial charge in [0.2, 0.25) is 5.84 Å². The minimum atomic E-state index is -0.573. The lowest BCUT2D eigenvalue weighted by Gasteiger charge is -2.29. The minimum absolute atomic E-state index is 0.0252. The second-order valence-electron chi connectivity index (χ2n) is 5.51. The third-order valence-corrected chi connectivity index (χ3v) is 3.81. The number of benzene rings is 2. The van der Waals surface area contributed by atoms with Gasteiger partial charge in [0.25, 0.3) is 5.76 Å². The highest BCUT2D eigenvalue weighted by Crippen LogP contribution is 2.26. The number of amidine groups is 1. The van der Waals surface area contributed by atoms with E-state index in [9.17, 15) is 4.79 Å². The smallest absolute Gasteiger partial charge is 0.379 e. The highest BCUT2D eigenvalue weighted by Gasteiger charge is 2.32. The summed E-state index contributed by atoms with van der Waals surface area (Å²) in [6.07, 6.45) is 0.425. The Labute approximate surface area is 152 Å². The summed E-state index contributed by atoms with van der Waals surface area (Å²) in [4.78, 5) is 23.4. The number of esters is 1. The second-order valence-corrected chi connectivity index (χ2v) is 5.51. The van der Waals surface area contributed by atoms with Gasteiger partial charge >= 0.3 is 5.97 Å². The molecule has 0 radical (unpaired) electrons. The molecule has 6 nitrogen and oxygen atoms in total. The van der Waals surface area contributed by atoms with Crippen LogP contribution in [-0.2, 0) is 25.6 Å². The average Bonchev–Trinajstić information content (AvgIpc) is 2.69. The molecule has 0 fully saturated rings. The van der Waals surface area contributed by atoms with Crippen LogP contribution in [0, 0.1) is 0 Å². The van der Waals surface area contributed by atoms with E-state index >= 15 is 0 Å². The number of rotatable bonds is 6. The number of carbonyl (C=O) groups is 1. The number of allylic oxidation sites excluding steroid dienone is 1. The van der Waals surface area contributed by atoms with E-state index in [-0.39, 0.29) is 12.4 Å². The summed E-state index contributed by atoms with van der Waals surface area (Å²) >= 11 is 0. The molecule has 3 rings (SSSR count). The van der Waals surface area contributed by atoms with Crippen molar-refractivity contribution in [3.05, 3.63) is 83.2 Å². The van der Waals surface area contributed by atoms with Crippen molar-refractivity contribution in [2.75, 3.05) is 13.7 Å². The Morgan fingerprint density at radius 1 is 1.08 bits per heavy atom. The normalized spacial score (nSPS) is 13.9. The van der Waals surface area contributed by atoms with Gasteiger partial charge in [0.15, 0.2) is 0 Å². The first-order valence-electron chi connectivity index (χ1n) is 8.33. The maximum absolute atomic E-state index is 12.3. The summed E-state index contributed by atoms with van der Waals surface area (Å²) in [5.74, 6) is -0.0827. The van der Waals surface area contributed by atoms with Crippen LogP contribution in [0.25, 0.3) is 0 Å². The fraction of sp³-hybridized carbons (Fsp3) is 0.200. The number of carbonyl (C=O) groups excluding carboxylic acids is 1. The standard InChI is InChI=1S/C20H20N2O4/c1-3-25-20(23)18-17(14-15-10-6-4-7-11-15)22(24-2)19(21-26-18)16-12-8-5-9-13-16/h4-13H,3,14H2,1-2H3. The molecule has 2 aromatic carbocycles. The maximum atomic E-state index is 12.3. The van der Waals surface area contributed by atoms with Crippen LogP contribution in [0.5, 0.6) is 0 Å². The largest absolute Gasteiger partial charge is 0.460 e. The van der Waals surface area contributed by atoms with Crippen molar-refractivity contribution in [3.8, 4) is 0 Å². The van der Waals surface area contributed by atoms with Gasteiger partial charge in [-0.3, -0.25) is 4.84 Å². The Bertz CT molecular complexity index is 816. The number of nitrogens with zero attached hydrogens (tertiary/aromatic N) is 2. The van der Waals surface area contributed by atoms with Gasteiger partial charge in [0.1, 0.15) is 5.70 Å². The van der Waals surface area contributed by atoms with Crippen molar-refractivity contribution in [1.29, 1.82) is 0 Å². The van der Waals surface area contributed by atoms with Gasteiger partial charge in [-0.15, -0.1) is 0 Å². The van der Waals surface area contributed by atoms with Crippen LogP contribution in [-0.4, -0.2) is 30.6 Å². The molecule has 0 atom stereocenters. The third kappa shape index (κ3) is 3.75.